The lowest BCUT2D eigenvalue weighted by molar-refractivity contribution is 0.264. The van der Waals surface area contributed by atoms with Crippen molar-refractivity contribution in [2.75, 3.05) is 25.5 Å². The number of hydrogen-bond donors (Lipinski definition) is 1. The van der Waals surface area contributed by atoms with Crippen molar-refractivity contribution < 1.29 is 0 Å². The second-order valence-electron chi connectivity index (χ2n) is 7.67. The first kappa shape index (κ1) is 16.5. The number of fused-ring (bicyclic) bond motifs is 1. The molecule has 132 valence electrons. The standard InChI is InChI=1S/C22H29N3/c1-3-7-19-16-20-21(23-17-12-14-24(2)15-13-17)10-6-11-22(20)25(19)18-8-4-5-9-18/h6,10-11,16-18,23H,4-5,8-9,12-15H2,1-2H3. The van der Waals surface area contributed by atoms with E-state index in [1.165, 1.54) is 73.9 Å². The number of aromatic nitrogens is 1. The van der Waals surface area contributed by atoms with E-state index in [0.717, 1.165) is 0 Å². The van der Waals surface area contributed by atoms with Crippen LogP contribution in [-0.4, -0.2) is 35.6 Å². The van der Waals surface area contributed by atoms with Crippen molar-refractivity contribution in [2.45, 2.75) is 57.5 Å². The Morgan fingerprint density at radius 1 is 1.08 bits per heavy atom. The molecule has 4 rings (SSSR count). The van der Waals surface area contributed by atoms with Crippen molar-refractivity contribution in [3.8, 4) is 11.8 Å². The maximum atomic E-state index is 3.83. The van der Waals surface area contributed by atoms with Crippen LogP contribution in [0.2, 0.25) is 0 Å². The minimum Gasteiger partial charge on any atom is -0.382 e. The first-order chi connectivity index (χ1) is 12.3. The summed E-state index contributed by atoms with van der Waals surface area (Å²) in [7, 11) is 2.22. The van der Waals surface area contributed by atoms with E-state index >= 15 is 0 Å². The smallest absolute Gasteiger partial charge is 0.0933 e. The molecule has 2 aliphatic rings. The highest BCUT2D eigenvalue weighted by Crippen LogP contribution is 2.37. The predicted molar refractivity (Wildman–Crippen MR) is 106 cm³/mol. The van der Waals surface area contributed by atoms with Crippen molar-refractivity contribution >= 4 is 16.6 Å². The van der Waals surface area contributed by atoms with Crippen LogP contribution in [0.5, 0.6) is 0 Å². The highest BCUT2D eigenvalue weighted by Gasteiger charge is 2.23. The highest BCUT2D eigenvalue weighted by molar-refractivity contribution is 5.94. The molecule has 1 saturated heterocycles. The molecule has 0 atom stereocenters. The van der Waals surface area contributed by atoms with Gasteiger partial charge < -0.3 is 14.8 Å². The summed E-state index contributed by atoms with van der Waals surface area (Å²) in [6, 6.07) is 10.2. The van der Waals surface area contributed by atoms with Crippen molar-refractivity contribution in [1.29, 1.82) is 0 Å². The first-order valence-electron chi connectivity index (χ1n) is 9.78. The molecule has 0 bridgehead atoms. The summed E-state index contributed by atoms with van der Waals surface area (Å²) in [6.45, 7) is 4.31. The molecule has 0 amide bonds. The van der Waals surface area contributed by atoms with E-state index in [9.17, 15) is 0 Å². The van der Waals surface area contributed by atoms with Gasteiger partial charge in [-0.3, -0.25) is 0 Å². The zero-order valence-corrected chi connectivity index (χ0v) is 15.5. The Balaban J connectivity index is 1.70. The zero-order valence-electron chi connectivity index (χ0n) is 15.5. The number of rotatable bonds is 3. The first-order valence-corrected chi connectivity index (χ1v) is 9.78. The van der Waals surface area contributed by atoms with Crippen LogP contribution in [-0.2, 0) is 0 Å². The maximum Gasteiger partial charge on any atom is 0.0933 e. The van der Waals surface area contributed by atoms with Crippen LogP contribution in [0.15, 0.2) is 24.3 Å². The van der Waals surface area contributed by atoms with E-state index in [4.69, 9.17) is 0 Å². The van der Waals surface area contributed by atoms with Crippen LogP contribution in [0.1, 0.15) is 57.2 Å². The van der Waals surface area contributed by atoms with Gasteiger partial charge in [0, 0.05) is 23.2 Å². The Kier molecular flexibility index (Phi) is 4.72. The minimum absolute atomic E-state index is 0.581. The van der Waals surface area contributed by atoms with E-state index in [2.05, 4.69) is 57.9 Å². The van der Waals surface area contributed by atoms with Gasteiger partial charge in [-0.25, -0.2) is 0 Å². The van der Waals surface area contributed by atoms with Gasteiger partial charge in [-0.05, 0) is 76.9 Å². The Bertz CT molecular complexity index is 794. The average Bonchev–Trinajstić information content (AvgIpc) is 3.25. The van der Waals surface area contributed by atoms with Gasteiger partial charge >= 0.3 is 0 Å². The fourth-order valence-corrected chi connectivity index (χ4v) is 4.53. The molecule has 3 heteroatoms. The van der Waals surface area contributed by atoms with Gasteiger partial charge in [0.1, 0.15) is 0 Å². The molecule has 2 heterocycles. The summed E-state index contributed by atoms with van der Waals surface area (Å²) in [5, 5.41) is 5.17. The van der Waals surface area contributed by atoms with Crippen LogP contribution in [0.25, 0.3) is 10.9 Å². The van der Waals surface area contributed by atoms with Gasteiger partial charge in [-0.15, -0.1) is 0 Å². The van der Waals surface area contributed by atoms with Gasteiger partial charge in [0.15, 0.2) is 0 Å². The van der Waals surface area contributed by atoms with Crippen LogP contribution < -0.4 is 5.32 Å². The molecule has 1 saturated carbocycles. The average molecular weight is 335 g/mol. The van der Waals surface area contributed by atoms with Crippen molar-refractivity contribution in [3.63, 3.8) is 0 Å². The molecule has 3 nitrogen and oxygen atoms in total. The van der Waals surface area contributed by atoms with Gasteiger partial charge in [-0.2, -0.15) is 0 Å². The Morgan fingerprint density at radius 3 is 2.56 bits per heavy atom. The third-order valence-corrected chi connectivity index (χ3v) is 5.90. The van der Waals surface area contributed by atoms with E-state index in [-0.39, 0.29) is 0 Å². The lowest BCUT2D eigenvalue weighted by Crippen LogP contribution is -2.36. The van der Waals surface area contributed by atoms with E-state index in [1.807, 2.05) is 6.92 Å². The van der Waals surface area contributed by atoms with Gasteiger partial charge in [0.05, 0.1) is 11.2 Å². The van der Waals surface area contributed by atoms with Crippen molar-refractivity contribution in [3.05, 3.63) is 30.0 Å². The fourth-order valence-electron chi connectivity index (χ4n) is 4.53. The molecular weight excluding hydrogens is 306 g/mol. The SMILES string of the molecule is CC#Cc1cc2c(NC3CCN(C)CC3)cccc2n1C1CCCC1. The Morgan fingerprint density at radius 2 is 1.84 bits per heavy atom. The third-order valence-electron chi connectivity index (χ3n) is 5.90. The van der Waals surface area contributed by atoms with Crippen LogP contribution >= 0.6 is 0 Å². The number of anilines is 1. The van der Waals surface area contributed by atoms with E-state index in [1.54, 1.807) is 0 Å². The summed E-state index contributed by atoms with van der Waals surface area (Å²) >= 11 is 0. The summed E-state index contributed by atoms with van der Waals surface area (Å²) in [5.41, 5.74) is 3.81. The highest BCUT2D eigenvalue weighted by atomic mass is 15.1. The van der Waals surface area contributed by atoms with Crippen LogP contribution in [0.3, 0.4) is 0 Å². The van der Waals surface area contributed by atoms with E-state index < -0.39 is 0 Å². The largest absolute Gasteiger partial charge is 0.382 e. The third kappa shape index (κ3) is 3.28. The Labute approximate surface area is 151 Å². The second kappa shape index (κ2) is 7.14. The maximum absolute atomic E-state index is 3.83. The molecular formula is C22H29N3. The summed E-state index contributed by atoms with van der Waals surface area (Å²) in [4.78, 5) is 2.42. The summed E-state index contributed by atoms with van der Waals surface area (Å²) < 4.78 is 2.51. The molecule has 1 aliphatic heterocycles. The second-order valence-corrected chi connectivity index (χ2v) is 7.67. The zero-order chi connectivity index (χ0) is 17.2. The lowest BCUT2D eigenvalue weighted by atomic mass is 10.0. The predicted octanol–water partition coefficient (Wildman–Crippen LogP) is 4.63. The normalized spacial score (nSPS) is 19.9. The van der Waals surface area contributed by atoms with Crippen molar-refractivity contribution in [1.82, 2.24) is 9.47 Å². The van der Waals surface area contributed by atoms with Gasteiger partial charge in [0.25, 0.3) is 0 Å². The van der Waals surface area contributed by atoms with Gasteiger partial charge in [0.2, 0.25) is 0 Å². The topological polar surface area (TPSA) is 20.2 Å². The van der Waals surface area contributed by atoms with Gasteiger partial charge in [-0.1, -0.05) is 24.8 Å². The van der Waals surface area contributed by atoms with E-state index in [0.29, 0.717) is 12.1 Å². The Hall–Kier alpha value is -1.92. The summed E-state index contributed by atoms with van der Waals surface area (Å²) in [5.74, 6) is 6.48. The quantitative estimate of drug-likeness (QED) is 0.825. The fraction of sp³-hybridized carbons (Fsp3) is 0.545. The van der Waals surface area contributed by atoms with Crippen LogP contribution in [0, 0.1) is 11.8 Å². The molecule has 1 aromatic heterocycles. The molecule has 0 radical (unpaired) electrons. The number of hydrogen-bond acceptors (Lipinski definition) is 2. The summed E-state index contributed by atoms with van der Waals surface area (Å²) in [6.07, 6.45) is 7.70. The number of benzene rings is 1. The molecule has 2 aromatic rings. The molecule has 0 unspecified atom stereocenters. The lowest BCUT2D eigenvalue weighted by Gasteiger charge is -2.30. The number of piperidine rings is 1. The molecule has 1 N–H and O–H groups in total. The molecule has 1 aliphatic carbocycles. The van der Waals surface area contributed by atoms with Crippen molar-refractivity contribution in [2.24, 2.45) is 0 Å². The molecule has 0 spiro atoms. The van der Waals surface area contributed by atoms with Crippen LogP contribution in [0.4, 0.5) is 5.69 Å². The minimum atomic E-state index is 0.581. The number of likely N-dealkylation sites (tertiary alicyclic amines) is 1. The molecule has 1 aromatic carbocycles. The number of nitrogens with one attached hydrogen (secondary N) is 1. The molecule has 2 fully saturated rings. The number of nitrogens with zero attached hydrogens (tertiary/aromatic N) is 2. The molecule has 25 heavy (non-hydrogen) atoms. The monoisotopic (exact) mass is 335 g/mol.